The number of aliphatic hydroxyl groups excluding tert-OH is 1. The Morgan fingerprint density at radius 1 is 1.35 bits per heavy atom. The second kappa shape index (κ2) is 7.21. The summed E-state index contributed by atoms with van der Waals surface area (Å²) >= 11 is 0. The van der Waals surface area contributed by atoms with Crippen LogP contribution in [0.3, 0.4) is 0 Å². The first-order chi connectivity index (χ1) is 9.54. The largest absolute Gasteiger partial charge is 0.389 e. The Morgan fingerprint density at radius 3 is 2.70 bits per heavy atom. The molecule has 2 rings (SSSR count). The highest BCUT2D eigenvalue weighted by molar-refractivity contribution is 5.22. The Kier molecular flexibility index (Phi) is 5.58. The molecular weight excluding hydrogens is 250 g/mol. The number of nitrogens with zero attached hydrogens (tertiary/aromatic N) is 1. The first-order valence-corrected chi connectivity index (χ1v) is 7.64. The highest BCUT2D eigenvalue weighted by Gasteiger charge is 2.30. The maximum absolute atomic E-state index is 10.1. The number of benzene rings is 1. The molecule has 0 saturated heterocycles. The molecule has 1 aromatic carbocycles. The lowest BCUT2D eigenvalue weighted by Crippen LogP contribution is -2.36. The number of hydrogen-bond donors (Lipinski definition) is 1. The van der Waals surface area contributed by atoms with Crippen molar-refractivity contribution in [3.63, 3.8) is 0 Å². The molecule has 0 aliphatic heterocycles. The minimum atomic E-state index is -0.400. The van der Waals surface area contributed by atoms with Crippen LogP contribution in [0, 0.1) is 6.92 Å². The number of rotatable bonds is 8. The smallest absolute Gasteiger partial charge is 0.0900 e. The fraction of sp³-hybridized carbons (Fsp3) is 0.647. The molecule has 0 heterocycles. The van der Waals surface area contributed by atoms with Crippen LogP contribution in [0.1, 0.15) is 37.8 Å². The summed E-state index contributed by atoms with van der Waals surface area (Å²) in [5.74, 6) is 0. The van der Waals surface area contributed by atoms with Crippen LogP contribution in [0.15, 0.2) is 24.3 Å². The summed E-state index contributed by atoms with van der Waals surface area (Å²) in [4.78, 5) is 2.39. The maximum atomic E-state index is 10.1. The molecule has 1 aliphatic carbocycles. The van der Waals surface area contributed by atoms with E-state index in [-0.39, 0.29) is 6.10 Å². The van der Waals surface area contributed by atoms with Crippen molar-refractivity contribution in [2.45, 2.75) is 58.4 Å². The zero-order chi connectivity index (χ0) is 14.5. The average molecular weight is 277 g/mol. The van der Waals surface area contributed by atoms with Gasteiger partial charge in [0, 0.05) is 19.1 Å². The van der Waals surface area contributed by atoms with Crippen LogP contribution in [-0.4, -0.2) is 41.4 Å². The third kappa shape index (κ3) is 5.23. The van der Waals surface area contributed by atoms with Crippen LogP contribution in [0.25, 0.3) is 0 Å². The van der Waals surface area contributed by atoms with Gasteiger partial charge in [-0.25, -0.2) is 0 Å². The number of ether oxygens (including phenoxy) is 1. The Bertz CT molecular complexity index is 415. The van der Waals surface area contributed by atoms with Crippen molar-refractivity contribution in [3.8, 4) is 0 Å². The van der Waals surface area contributed by atoms with E-state index in [0.29, 0.717) is 19.2 Å². The van der Waals surface area contributed by atoms with Gasteiger partial charge >= 0.3 is 0 Å². The van der Waals surface area contributed by atoms with Crippen LogP contribution >= 0.6 is 0 Å². The molecule has 1 atom stereocenters. The molecule has 0 amide bonds. The Hall–Kier alpha value is -0.900. The zero-order valence-corrected chi connectivity index (χ0v) is 12.9. The summed E-state index contributed by atoms with van der Waals surface area (Å²) in [6.45, 7) is 8.16. The van der Waals surface area contributed by atoms with Crippen molar-refractivity contribution in [3.05, 3.63) is 35.4 Å². The second-order valence-electron chi connectivity index (χ2n) is 6.19. The highest BCUT2D eigenvalue weighted by atomic mass is 16.5. The van der Waals surface area contributed by atoms with Gasteiger partial charge in [0.15, 0.2) is 0 Å². The molecule has 0 bridgehead atoms. The van der Waals surface area contributed by atoms with E-state index in [1.54, 1.807) is 0 Å². The SMILES string of the molecule is Cc1cccc(CN(CC(O)COC(C)C)C2CC2)c1. The van der Waals surface area contributed by atoms with Gasteiger partial charge < -0.3 is 9.84 Å². The van der Waals surface area contributed by atoms with Gasteiger partial charge in [0.05, 0.1) is 18.8 Å². The molecule has 1 unspecified atom stereocenters. The molecule has 3 nitrogen and oxygen atoms in total. The van der Waals surface area contributed by atoms with E-state index in [9.17, 15) is 5.11 Å². The molecule has 1 aromatic rings. The van der Waals surface area contributed by atoms with Crippen molar-refractivity contribution in [2.75, 3.05) is 13.2 Å². The minimum absolute atomic E-state index is 0.177. The van der Waals surface area contributed by atoms with Crippen molar-refractivity contribution >= 4 is 0 Å². The van der Waals surface area contributed by atoms with Crippen molar-refractivity contribution in [1.82, 2.24) is 4.90 Å². The van der Waals surface area contributed by atoms with Gasteiger partial charge in [-0.15, -0.1) is 0 Å². The highest BCUT2D eigenvalue weighted by Crippen LogP contribution is 2.28. The Morgan fingerprint density at radius 2 is 2.10 bits per heavy atom. The Balaban J connectivity index is 1.87. The van der Waals surface area contributed by atoms with Gasteiger partial charge in [0.1, 0.15) is 0 Å². The fourth-order valence-electron chi connectivity index (χ4n) is 2.45. The second-order valence-corrected chi connectivity index (χ2v) is 6.19. The number of hydrogen-bond acceptors (Lipinski definition) is 3. The van der Waals surface area contributed by atoms with E-state index >= 15 is 0 Å². The monoisotopic (exact) mass is 277 g/mol. The van der Waals surface area contributed by atoms with E-state index < -0.39 is 6.10 Å². The molecular formula is C17H27NO2. The van der Waals surface area contributed by atoms with E-state index in [4.69, 9.17) is 4.74 Å². The quantitative estimate of drug-likeness (QED) is 0.793. The first kappa shape index (κ1) is 15.5. The van der Waals surface area contributed by atoms with Crippen molar-refractivity contribution in [1.29, 1.82) is 0 Å². The summed E-state index contributed by atoms with van der Waals surface area (Å²) in [6, 6.07) is 9.26. The van der Waals surface area contributed by atoms with Crippen LogP contribution in [-0.2, 0) is 11.3 Å². The van der Waals surface area contributed by atoms with E-state index in [1.807, 2.05) is 13.8 Å². The lowest BCUT2D eigenvalue weighted by molar-refractivity contribution is -0.0107. The first-order valence-electron chi connectivity index (χ1n) is 7.64. The standard InChI is InChI=1S/C17H27NO2/c1-13(2)20-12-17(19)11-18(16-7-8-16)10-15-6-4-5-14(3)9-15/h4-6,9,13,16-17,19H,7-8,10-12H2,1-3H3. The van der Waals surface area contributed by atoms with Crippen LogP contribution in [0.4, 0.5) is 0 Å². The predicted octanol–water partition coefficient (Wildman–Crippen LogP) is 2.75. The lowest BCUT2D eigenvalue weighted by atomic mass is 10.1. The van der Waals surface area contributed by atoms with Crippen molar-refractivity contribution in [2.24, 2.45) is 0 Å². The molecule has 20 heavy (non-hydrogen) atoms. The number of aliphatic hydroxyl groups is 1. The molecule has 3 heteroatoms. The summed E-state index contributed by atoms with van der Waals surface area (Å²) in [7, 11) is 0. The third-order valence-electron chi connectivity index (χ3n) is 3.60. The summed E-state index contributed by atoms with van der Waals surface area (Å²) in [5.41, 5.74) is 2.62. The normalized spacial score (nSPS) is 16.9. The molecule has 1 N–H and O–H groups in total. The van der Waals surface area contributed by atoms with Crippen molar-refractivity contribution < 1.29 is 9.84 Å². The topological polar surface area (TPSA) is 32.7 Å². The summed E-state index contributed by atoms with van der Waals surface area (Å²) in [6.07, 6.45) is 2.28. The van der Waals surface area contributed by atoms with E-state index in [0.717, 1.165) is 6.54 Å². The van der Waals surface area contributed by atoms with Gasteiger partial charge in [-0.05, 0) is 39.2 Å². The van der Waals surface area contributed by atoms with Gasteiger partial charge in [-0.2, -0.15) is 0 Å². The predicted molar refractivity (Wildman–Crippen MR) is 81.7 cm³/mol. The van der Waals surface area contributed by atoms with Crippen LogP contribution in [0.5, 0.6) is 0 Å². The molecule has 0 radical (unpaired) electrons. The molecule has 1 fully saturated rings. The van der Waals surface area contributed by atoms with Gasteiger partial charge in [0.25, 0.3) is 0 Å². The Labute approximate surface area is 122 Å². The molecule has 1 aliphatic rings. The maximum Gasteiger partial charge on any atom is 0.0900 e. The van der Waals surface area contributed by atoms with Gasteiger partial charge in [-0.1, -0.05) is 29.8 Å². The van der Waals surface area contributed by atoms with Gasteiger partial charge in [-0.3, -0.25) is 4.90 Å². The molecule has 0 spiro atoms. The number of aryl methyl sites for hydroxylation is 1. The minimum Gasteiger partial charge on any atom is -0.389 e. The lowest BCUT2D eigenvalue weighted by Gasteiger charge is -2.25. The third-order valence-corrected chi connectivity index (χ3v) is 3.60. The van der Waals surface area contributed by atoms with E-state index in [2.05, 4.69) is 36.1 Å². The van der Waals surface area contributed by atoms with Crippen LogP contribution < -0.4 is 0 Å². The molecule has 112 valence electrons. The zero-order valence-electron chi connectivity index (χ0n) is 12.9. The average Bonchev–Trinajstić information content (AvgIpc) is 3.20. The van der Waals surface area contributed by atoms with Crippen LogP contribution in [0.2, 0.25) is 0 Å². The molecule has 0 aromatic heterocycles. The fourth-order valence-corrected chi connectivity index (χ4v) is 2.45. The summed E-state index contributed by atoms with van der Waals surface area (Å²) in [5, 5.41) is 10.1. The van der Waals surface area contributed by atoms with Gasteiger partial charge in [0.2, 0.25) is 0 Å². The summed E-state index contributed by atoms with van der Waals surface area (Å²) < 4.78 is 5.50. The molecule has 1 saturated carbocycles. The van der Waals surface area contributed by atoms with E-state index in [1.165, 1.54) is 24.0 Å².